The topological polar surface area (TPSA) is 75.2 Å². The summed E-state index contributed by atoms with van der Waals surface area (Å²) in [5, 5.41) is 2.53. The number of carbonyl (C=O) groups is 2. The van der Waals surface area contributed by atoms with Crippen molar-refractivity contribution in [3.63, 3.8) is 0 Å². The van der Waals surface area contributed by atoms with Gasteiger partial charge >= 0.3 is 0 Å². The monoisotopic (exact) mass is 508 g/mol. The van der Waals surface area contributed by atoms with E-state index in [4.69, 9.17) is 0 Å². The quantitative estimate of drug-likeness (QED) is 0.605. The number of piperidine rings is 1. The van der Waals surface area contributed by atoms with Crippen LogP contribution in [-0.4, -0.2) is 40.7 Å². The van der Waals surface area contributed by atoms with E-state index in [0.717, 1.165) is 6.07 Å². The van der Waals surface area contributed by atoms with Gasteiger partial charge in [0.15, 0.2) is 5.78 Å². The van der Waals surface area contributed by atoms with Crippen molar-refractivity contribution in [3.05, 3.63) is 57.6 Å². The number of carbonyl (C=O) groups excluding carboxylic acids is 2. The molecule has 0 bridgehead atoms. The molecule has 6 nitrogen and oxygen atoms in total. The van der Waals surface area contributed by atoms with Crippen molar-refractivity contribution in [2.45, 2.75) is 32.1 Å². The van der Waals surface area contributed by atoms with Gasteiger partial charge in [0.2, 0.25) is 5.95 Å². The van der Waals surface area contributed by atoms with E-state index < -0.39 is 23.6 Å². The van der Waals surface area contributed by atoms with Crippen molar-refractivity contribution in [3.8, 4) is 0 Å². The van der Waals surface area contributed by atoms with Gasteiger partial charge in [-0.3, -0.25) is 9.59 Å². The molecule has 1 aliphatic heterocycles. The number of benzene rings is 1. The fraction of sp³-hybridized carbons (Fsp3) is 0.364. The van der Waals surface area contributed by atoms with Gasteiger partial charge in [0.1, 0.15) is 11.5 Å². The van der Waals surface area contributed by atoms with Crippen molar-refractivity contribution < 1.29 is 22.8 Å². The second-order valence-corrected chi connectivity index (χ2v) is 8.79. The van der Waals surface area contributed by atoms with E-state index in [1.807, 2.05) is 0 Å². The van der Waals surface area contributed by atoms with E-state index in [1.165, 1.54) is 12.1 Å². The first-order chi connectivity index (χ1) is 15.1. The highest BCUT2D eigenvalue weighted by molar-refractivity contribution is 9.10. The Morgan fingerprint density at radius 2 is 2.09 bits per heavy atom. The first-order valence-corrected chi connectivity index (χ1v) is 10.9. The Hall–Kier alpha value is -2.75. The molecule has 1 unspecified atom stereocenters. The number of Topliss-reactive ketones (excluding diaryl/α,β-unsaturated/α-hetero) is 1. The van der Waals surface area contributed by atoms with E-state index in [-0.39, 0.29) is 49.0 Å². The van der Waals surface area contributed by atoms with Crippen LogP contribution in [-0.2, 0) is 6.42 Å². The Bertz CT molecular complexity index is 1140. The van der Waals surface area contributed by atoms with Crippen LogP contribution in [0, 0.1) is 18.7 Å². The van der Waals surface area contributed by atoms with Crippen molar-refractivity contribution >= 4 is 39.3 Å². The van der Waals surface area contributed by atoms with Gasteiger partial charge in [0, 0.05) is 41.7 Å². The predicted octanol–water partition coefficient (Wildman–Crippen LogP) is 4.72. The highest BCUT2D eigenvalue weighted by atomic mass is 79.9. The van der Waals surface area contributed by atoms with Crippen molar-refractivity contribution in [1.29, 1.82) is 0 Å². The lowest BCUT2D eigenvalue weighted by molar-refractivity contribution is -0.0546. The third-order valence-corrected chi connectivity index (χ3v) is 6.40. The summed E-state index contributed by atoms with van der Waals surface area (Å²) in [6.07, 6.45) is 1.39. The highest BCUT2D eigenvalue weighted by Gasteiger charge is 2.43. The van der Waals surface area contributed by atoms with E-state index in [0.29, 0.717) is 27.7 Å². The summed E-state index contributed by atoms with van der Waals surface area (Å²) in [6, 6.07) is 2.59. The Morgan fingerprint density at radius 3 is 2.81 bits per heavy atom. The average molecular weight is 509 g/mol. The minimum Gasteiger partial charge on any atom is -0.340 e. The lowest BCUT2D eigenvalue weighted by Crippen LogP contribution is -2.47. The molecule has 1 aliphatic carbocycles. The first kappa shape index (κ1) is 22.4. The lowest BCUT2D eigenvalue weighted by atomic mass is 9.94. The van der Waals surface area contributed by atoms with Crippen molar-refractivity contribution in [2.75, 3.05) is 23.3 Å². The maximum atomic E-state index is 14.6. The largest absolute Gasteiger partial charge is 0.340 e. The summed E-state index contributed by atoms with van der Waals surface area (Å²) in [5.41, 5.74) is 1.19. The summed E-state index contributed by atoms with van der Waals surface area (Å²) in [4.78, 5) is 35.2. The highest BCUT2D eigenvalue weighted by Crippen LogP contribution is 2.37. The molecule has 32 heavy (non-hydrogen) atoms. The predicted molar refractivity (Wildman–Crippen MR) is 117 cm³/mol. The molecule has 0 spiro atoms. The number of fused-ring (bicyclic) bond motifs is 1. The Kier molecular flexibility index (Phi) is 5.83. The zero-order valence-electron chi connectivity index (χ0n) is 17.2. The Labute approximate surface area is 191 Å². The molecule has 2 heterocycles. The zero-order valence-corrected chi connectivity index (χ0v) is 18.8. The SMILES string of the molecule is C=CC1CN(c2nc(C)cc(C(=O)Nc3c(F)cc(Br)c4c3CCC4=O)n2)CCC1(F)F. The van der Waals surface area contributed by atoms with Gasteiger partial charge in [0.25, 0.3) is 11.8 Å². The van der Waals surface area contributed by atoms with Crippen LogP contribution in [0.5, 0.6) is 0 Å². The molecule has 1 saturated heterocycles. The summed E-state index contributed by atoms with van der Waals surface area (Å²) in [7, 11) is 0. The fourth-order valence-corrected chi connectivity index (χ4v) is 4.73. The van der Waals surface area contributed by atoms with Crippen LogP contribution in [0.25, 0.3) is 0 Å². The minimum absolute atomic E-state index is 0.0266. The number of ketones is 1. The summed E-state index contributed by atoms with van der Waals surface area (Å²) in [6.45, 7) is 5.14. The molecule has 168 valence electrons. The van der Waals surface area contributed by atoms with E-state index in [9.17, 15) is 22.8 Å². The number of halogens is 4. The van der Waals surface area contributed by atoms with Crippen LogP contribution in [0.4, 0.5) is 24.8 Å². The number of aryl methyl sites for hydroxylation is 1. The van der Waals surface area contributed by atoms with Crippen LogP contribution in [0.1, 0.15) is 44.9 Å². The summed E-state index contributed by atoms with van der Waals surface area (Å²) >= 11 is 3.21. The average Bonchev–Trinajstić information content (AvgIpc) is 3.12. The number of nitrogens with one attached hydrogen (secondary N) is 1. The van der Waals surface area contributed by atoms with Gasteiger partial charge in [-0.2, -0.15) is 0 Å². The molecule has 1 aromatic heterocycles. The smallest absolute Gasteiger partial charge is 0.274 e. The van der Waals surface area contributed by atoms with Crippen LogP contribution >= 0.6 is 15.9 Å². The number of aromatic nitrogens is 2. The van der Waals surface area contributed by atoms with Gasteiger partial charge in [0.05, 0.1) is 11.6 Å². The molecule has 0 saturated carbocycles. The van der Waals surface area contributed by atoms with Crippen LogP contribution in [0.3, 0.4) is 0 Å². The molecule has 0 radical (unpaired) electrons. The van der Waals surface area contributed by atoms with Crippen LogP contribution < -0.4 is 10.2 Å². The van der Waals surface area contributed by atoms with E-state index >= 15 is 0 Å². The van der Waals surface area contributed by atoms with Gasteiger partial charge in [-0.1, -0.05) is 6.08 Å². The number of nitrogens with zero attached hydrogens (tertiary/aromatic N) is 3. The number of anilines is 2. The molecule has 1 N–H and O–H groups in total. The molecule has 4 rings (SSSR count). The molecule has 10 heteroatoms. The Balaban J connectivity index is 1.62. The molecule has 1 amide bonds. The molecule has 1 fully saturated rings. The van der Waals surface area contributed by atoms with Crippen molar-refractivity contribution in [2.24, 2.45) is 5.92 Å². The van der Waals surface area contributed by atoms with Gasteiger partial charge in [-0.15, -0.1) is 6.58 Å². The third-order valence-electron chi connectivity index (χ3n) is 5.77. The third kappa shape index (κ3) is 4.03. The molecule has 1 aromatic carbocycles. The van der Waals surface area contributed by atoms with E-state index in [2.05, 4.69) is 37.8 Å². The van der Waals surface area contributed by atoms with Gasteiger partial charge in [-0.05, 0) is 47.0 Å². The number of alkyl halides is 2. The summed E-state index contributed by atoms with van der Waals surface area (Å²) < 4.78 is 43.0. The molecule has 2 aliphatic rings. The lowest BCUT2D eigenvalue weighted by Gasteiger charge is -2.37. The minimum atomic E-state index is -2.86. The van der Waals surface area contributed by atoms with Crippen LogP contribution in [0.15, 0.2) is 29.3 Å². The van der Waals surface area contributed by atoms with Gasteiger partial charge in [-0.25, -0.2) is 23.1 Å². The number of amides is 1. The Morgan fingerprint density at radius 1 is 1.34 bits per heavy atom. The number of hydrogen-bond donors (Lipinski definition) is 1. The normalized spacial score (nSPS) is 19.6. The summed E-state index contributed by atoms with van der Waals surface area (Å²) in [5.74, 6) is -5.25. The van der Waals surface area contributed by atoms with Gasteiger partial charge < -0.3 is 10.2 Å². The van der Waals surface area contributed by atoms with E-state index in [1.54, 1.807) is 11.8 Å². The molecule has 1 atom stereocenters. The molecular weight excluding hydrogens is 489 g/mol. The second kappa shape index (κ2) is 8.31. The van der Waals surface area contributed by atoms with Crippen molar-refractivity contribution in [1.82, 2.24) is 9.97 Å². The molecule has 2 aromatic rings. The first-order valence-electron chi connectivity index (χ1n) is 10.1. The maximum absolute atomic E-state index is 14.6. The fourth-order valence-electron chi connectivity index (χ4n) is 4.07. The molecular formula is C22H20BrF3N4O2. The zero-order chi connectivity index (χ0) is 23.2. The van der Waals surface area contributed by atoms with Crippen LogP contribution in [0.2, 0.25) is 0 Å². The maximum Gasteiger partial charge on any atom is 0.274 e. The number of hydrogen-bond acceptors (Lipinski definition) is 5. The second-order valence-electron chi connectivity index (χ2n) is 7.94. The number of rotatable bonds is 4. The standard InChI is InChI=1S/C22H20BrF3N4O2/c1-3-12-10-30(7-6-22(12,25)26)21-27-11(2)8-16(28-21)20(32)29-19-13-4-5-17(31)18(13)14(23)9-15(19)24/h3,8-9,12H,1,4-7,10H2,2H3,(H,29,32).